The van der Waals surface area contributed by atoms with E-state index in [0.717, 1.165) is 56.0 Å². The molecule has 0 aromatic carbocycles. The van der Waals surface area contributed by atoms with E-state index in [-0.39, 0.29) is 11.3 Å². The number of aliphatic hydroxyl groups is 1. The van der Waals surface area contributed by atoms with E-state index in [4.69, 9.17) is 34.2 Å². The summed E-state index contributed by atoms with van der Waals surface area (Å²) in [5, 5.41) is 17.6. The molecule has 154 valence electrons. The highest BCUT2D eigenvalue weighted by molar-refractivity contribution is 7.99. The van der Waals surface area contributed by atoms with Gasteiger partial charge in [-0.05, 0) is 43.6 Å². The smallest absolute Gasteiger partial charge is 0.151 e. The number of hydrogen-bond donors (Lipinski definition) is 2. The number of aliphatic hydroxyl groups excluding tert-OH is 1. The van der Waals surface area contributed by atoms with Crippen LogP contribution in [-0.4, -0.2) is 39.3 Å². The summed E-state index contributed by atoms with van der Waals surface area (Å²) in [7, 11) is 0. The van der Waals surface area contributed by atoms with Gasteiger partial charge in [0.25, 0.3) is 0 Å². The largest absolute Gasteiger partial charge is 0.393 e. The van der Waals surface area contributed by atoms with Crippen molar-refractivity contribution in [1.82, 2.24) is 15.0 Å². The summed E-state index contributed by atoms with van der Waals surface area (Å²) in [6.07, 6.45) is 8.66. The number of pyridine rings is 1. The van der Waals surface area contributed by atoms with Crippen molar-refractivity contribution in [3.63, 3.8) is 0 Å². The molecule has 1 atom stereocenters. The molecule has 1 aliphatic heterocycles. The summed E-state index contributed by atoms with van der Waals surface area (Å²) >= 11 is 13.5. The Kier molecular flexibility index (Phi) is 7.06. The van der Waals surface area contributed by atoms with Gasteiger partial charge in [-0.25, -0.2) is 20.2 Å². The van der Waals surface area contributed by atoms with Crippen molar-refractivity contribution >= 4 is 46.6 Å². The second-order valence-corrected chi connectivity index (χ2v) is 9.15. The van der Waals surface area contributed by atoms with Gasteiger partial charge in [-0.1, -0.05) is 35.0 Å². The fourth-order valence-corrected chi connectivity index (χ4v) is 5.32. The first-order chi connectivity index (χ1) is 13.9. The first-order valence-electron chi connectivity index (χ1n) is 9.24. The molecule has 10 heteroatoms. The molecule has 2 fully saturated rings. The summed E-state index contributed by atoms with van der Waals surface area (Å²) < 4.78 is 0. The maximum Gasteiger partial charge on any atom is 0.151 e. The van der Waals surface area contributed by atoms with Crippen LogP contribution in [0.3, 0.4) is 0 Å². The maximum absolute atomic E-state index is 9.87. The third kappa shape index (κ3) is 5.04. The fraction of sp³-hybridized carbons (Fsp3) is 0.474. The molecule has 0 amide bonds. The molecule has 2 aromatic rings. The molecule has 3 N–H and O–H groups in total. The molecule has 1 spiro atoms. The quantitative estimate of drug-likeness (QED) is 0.666. The molecule has 4 rings (SSSR count). The lowest BCUT2D eigenvalue weighted by molar-refractivity contribution is 0.144. The molecule has 29 heavy (non-hydrogen) atoms. The summed E-state index contributed by atoms with van der Waals surface area (Å²) in [6, 6.07) is 1.68. The second-order valence-electron chi connectivity index (χ2n) is 7.35. The zero-order valence-corrected chi connectivity index (χ0v) is 18.1. The van der Waals surface area contributed by atoms with Crippen molar-refractivity contribution in [1.29, 1.82) is 5.26 Å². The first-order valence-corrected chi connectivity index (χ1v) is 10.8. The first kappa shape index (κ1) is 21.9. The van der Waals surface area contributed by atoms with E-state index in [0.29, 0.717) is 21.2 Å². The molecule has 0 unspecified atom stereocenters. The van der Waals surface area contributed by atoms with E-state index >= 15 is 0 Å². The Morgan fingerprint density at radius 1 is 1.21 bits per heavy atom. The van der Waals surface area contributed by atoms with Gasteiger partial charge in [-0.2, -0.15) is 0 Å². The van der Waals surface area contributed by atoms with Crippen LogP contribution in [-0.2, 0) is 0 Å². The lowest BCUT2D eigenvalue weighted by atomic mass is 9.77. The van der Waals surface area contributed by atoms with Gasteiger partial charge in [0.2, 0.25) is 0 Å². The van der Waals surface area contributed by atoms with Crippen LogP contribution in [0.15, 0.2) is 28.4 Å². The number of nitrogens with zero attached hydrogens (tertiary/aromatic N) is 5. The van der Waals surface area contributed by atoms with Crippen molar-refractivity contribution in [3.8, 4) is 6.57 Å². The number of anilines is 2. The van der Waals surface area contributed by atoms with Gasteiger partial charge in [-0.3, -0.25) is 0 Å². The van der Waals surface area contributed by atoms with E-state index in [1.807, 2.05) is 0 Å². The van der Waals surface area contributed by atoms with Gasteiger partial charge in [0.1, 0.15) is 16.7 Å². The number of nitriles is 1. The molecular formula is C19H22Cl2N6OS. The van der Waals surface area contributed by atoms with Crippen molar-refractivity contribution in [2.45, 2.75) is 48.1 Å². The molecule has 3 heterocycles. The van der Waals surface area contributed by atoms with Crippen molar-refractivity contribution in [2.24, 2.45) is 5.41 Å². The molecule has 0 bridgehead atoms. The minimum absolute atomic E-state index is 0.116. The molecule has 7 nitrogen and oxygen atoms in total. The molecule has 2 aliphatic rings. The van der Waals surface area contributed by atoms with Crippen molar-refractivity contribution in [2.75, 3.05) is 23.7 Å². The summed E-state index contributed by atoms with van der Waals surface area (Å²) in [5.74, 6) is 1.20. The third-order valence-corrected chi connectivity index (χ3v) is 7.38. The Morgan fingerprint density at radius 2 is 1.93 bits per heavy atom. The average molecular weight is 453 g/mol. The third-order valence-electron chi connectivity index (χ3n) is 5.56. The summed E-state index contributed by atoms with van der Waals surface area (Å²) in [6.45, 7) is 5.41. The number of halogens is 2. The van der Waals surface area contributed by atoms with Crippen LogP contribution in [0.4, 0.5) is 11.6 Å². The predicted molar refractivity (Wildman–Crippen MR) is 115 cm³/mol. The van der Waals surface area contributed by atoms with Crippen LogP contribution in [0.2, 0.25) is 10.2 Å². The van der Waals surface area contributed by atoms with Gasteiger partial charge < -0.3 is 15.7 Å². The monoisotopic (exact) mass is 452 g/mol. The van der Waals surface area contributed by atoms with Gasteiger partial charge >= 0.3 is 0 Å². The minimum atomic E-state index is -0.116. The minimum Gasteiger partial charge on any atom is -0.393 e. The fourth-order valence-electron chi connectivity index (χ4n) is 4.05. The average Bonchev–Trinajstić information content (AvgIpc) is 3.08. The van der Waals surface area contributed by atoms with Gasteiger partial charge in [0.05, 0.1) is 23.5 Å². The molecule has 1 saturated heterocycles. The molecular weight excluding hydrogens is 431 g/mol. The number of nitrogens with two attached hydrogens (primary N) is 1. The van der Waals surface area contributed by atoms with E-state index in [1.165, 1.54) is 11.8 Å². The zero-order chi connectivity index (χ0) is 21.0. The van der Waals surface area contributed by atoms with E-state index in [9.17, 15) is 5.11 Å². The topological polar surface area (TPSA) is 112 Å². The highest BCUT2D eigenvalue weighted by Gasteiger charge is 2.40. The molecule has 0 radical (unpaired) electrons. The van der Waals surface area contributed by atoms with Crippen molar-refractivity contribution < 1.29 is 5.11 Å². The van der Waals surface area contributed by atoms with E-state index in [2.05, 4.69) is 26.4 Å². The maximum atomic E-state index is 9.87. The Balaban J connectivity index is 0.00000117. The number of aromatic nitrogens is 3. The predicted octanol–water partition coefficient (Wildman–Crippen LogP) is 4.18. The van der Waals surface area contributed by atoms with Crippen LogP contribution in [0.25, 0.3) is 0 Å². The zero-order valence-electron chi connectivity index (χ0n) is 15.8. The van der Waals surface area contributed by atoms with Crippen LogP contribution in [0.5, 0.6) is 0 Å². The van der Waals surface area contributed by atoms with Crippen LogP contribution in [0.1, 0.15) is 32.1 Å². The Hall–Kier alpha value is -1.79. The number of rotatable bonds is 3. The normalized spacial score (nSPS) is 20.3. The Morgan fingerprint density at radius 3 is 2.52 bits per heavy atom. The molecule has 2 aromatic heterocycles. The van der Waals surface area contributed by atoms with Crippen molar-refractivity contribution in [3.05, 3.63) is 28.6 Å². The van der Waals surface area contributed by atoms with E-state index in [1.54, 1.807) is 18.5 Å². The van der Waals surface area contributed by atoms with Gasteiger partial charge in [-0.15, -0.1) is 0 Å². The highest BCUT2D eigenvalue weighted by Crippen LogP contribution is 2.46. The standard InChI is InChI=1S/C18H21Cl2N5OS.CHN/c19-16-12(7-13(21)24-17(16)20)27-15-10-22-14(9-23-15)25-5-3-18(4-6-25)2-1-11(26)8-18;1-2/h7,9-11,26H,1-6,8H2,(H2,21,24);1H/t11-;/m1./s1. The second kappa shape index (κ2) is 9.35. The highest BCUT2D eigenvalue weighted by atomic mass is 35.5. The molecule has 1 saturated carbocycles. The number of hydrogen-bond acceptors (Lipinski definition) is 8. The van der Waals surface area contributed by atoms with Gasteiger partial charge in [0, 0.05) is 24.6 Å². The van der Waals surface area contributed by atoms with E-state index < -0.39 is 0 Å². The number of piperidine rings is 1. The Labute approximate surface area is 184 Å². The Bertz CT molecular complexity index is 871. The van der Waals surface area contributed by atoms with Crippen LogP contribution < -0.4 is 10.6 Å². The summed E-state index contributed by atoms with van der Waals surface area (Å²) in [5.41, 5.74) is 6.07. The SMILES string of the molecule is C#N.Nc1cc(Sc2cnc(N3CCC4(CC[C@@H](O)C4)CC3)cn2)c(Cl)c(Cl)n1. The number of nitrogen functional groups attached to an aromatic ring is 1. The molecule has 1 aliphatic carbocycles. The lowest BCUT2D eigenvalue weighted by Crippen LogP contribution is -2.39. The van der Waals surface area contributed by atoms with Crippen LogP contribution >= 0.6 is 35.0 Å². The summed E-state index contributed by atoms with van der Waals surface area (Å²) in [4.78, 5) is 16.0. The van der Waals surface area contributed by atoms with Gasteiger partial charge in [0.15, 0.2) is 5.15 Å². The van der Waals surface area contributed by atoms with Crippen LogP contribution in [0, 0.1) is 17.2 Å². The lowest BCUT2D eigenvalue weighted by Gasteiger charge is -2.39.